The molecular weight excluding hydrogens is 459 g/mol. The van der Waals surface area contributed by atoms with Crippen LogP contribution in [-0.4, -0.2) is 64.2 Å². The number of piperazine rings is 1. The summed E-state index contributed by atoms with van der Waals surface area (Å²) >= 11 is 0. The van der Waals surface area contributed by atoms with Gasteiger partial charge in [0.15, 0.2) is 0 Å². The van der Waals surface area contributed by atoms with Crippen LogP contribution < -0.4 is 4.74 Å². The molecule has 3 atom stereocenters. The lowest BCUT2D eigenvalue weighted by Crippen LogP contribution is -2.57. The maximum atomic E-state index is 13.0. The highest BCUT2D eigenvalue weighted by molar-refractivity contribution is 5.94. The maximum Gasteiger partial charge on any atom is 0.433 e. The van der Waals surface area contributed by atoms with Gasteiger partial charge in [-0.25, -0.2) is 0 Å². The summed E-state index contributed by atoms with van der Waals surface area (Å²) in [4.78, 5) is 20.6. The Morgan fingerprint density at radius 1 is 1.17 bits per heavy atom. The number of piperidine rings is 1. The molecule has 0 saturated carbocycles. The number of aliphatic hydroxyl groups is 1. The highest BCUT2D eigenvalue weighted by atomic mass is 19.4. The van der Waals surface area contributed by atoms with Gasteiger partial charge >= 0.3 is 6.18 Å². The van der Waals surface area contributed by atoms with Gasteiger partial charge in [0.1, 0.15) is 18.1 Å². The molecule has 0 spiro atoms. The minimum atomic E-state index is -4.53. The number of amides is 1. The smallest absolute Gasteiger partial charge is 0.433 e. The molecule has 2 aliphatic heterocycles. The van der Waals surface area contributed by atoms with Crippen molar-refractivity contribution in [1.82, 2.24) is 14.8 Å². The van der Waals surface area contributed by atoms with Crippen LogP contribution in [0.3, 0.4) is 0 Å². The van der Waals surface area contributed by atoms with Gasteiger partial charge < -0.3 is 14.7 Å². The zero-order valence-corrected chi connectivity index (χ0v) is 20.3. The molecule has 1 amide bonds. The fourth-order valence-electron chi connectivity index (χ4n) is 5.18. The Morgan fingerprint density at radius 2 is 1.94 bits per heavy atom. The average Bonchev–Trinajstić information content (AvgIpc) is 2.83. The second-order valence-electron chi connectivity index (χ2n) is 9.58. The molecule has 2 aromatic rings. The molecule has 0 bridgehead atoms. The Morgan fingerprint density at radius 3 is 2.60 bits per heavy atom. The number of nitrogens with zero attached hydrogens (tertiary/aromatic N) is 3. The lowest BCUT2D eigenvalue weighted by atomic mass is 9.86. The second kappa shape index (κ2) is 10.1. The number of hydrogen-bond acceptors (Lipinski definition) is 5. The zero-order valence-electron chi connectivity index (χ0n) is 20.3. The van der Waals surface area contributed by atoms with Crippen LogP contribution in [0.4, 0.5) is 13.2 Å². The van der Waals surface area contributed by atoms with Crippen molar-refractivity contribution in [3.05, 3.63) is 58.4 Å². The Balaban J connectivity index is 1.46. The summed E-state index contributed by atoms with van der Waals surface area (Å²) < 4.78 is 44.2. The van der Waals surface area contributed by atoms with E-state index >= 15 is 0 Å². The molecule has 0 aliphatic carbocycles. The molecule has 6 nitrogen and oxygen atoms in total. The lowest BCUT2D eigenvalue weighted by molar-refractivity contribution is -0.141. The van der Waals surface area contributed by atoms with Gasteiger partial charge in [-0.3, -0.25) is 14.7 Å². The van der Waals surface area contributed by atoms with Crippen molar-refractivity contribution in [3.8, 4) is 5.75 Å². The standard InChI is InChI=1S/C26H32F3N3O3/c1-16(33)15-35-23-9-8-21(17(2)18(23)3)22-6-4-5-20-14-31(11-12-32(20)22)25(34)19-7-10-24(30-13-19)26(27,28)29/h7-10,13,16,20,22,33H,4-6,11-12,14-15H2,1-3H3/t16-,20?,22?/m0/s1. The van der Waals surface area contributed by atoms with E-state index in [0.29, 0.717) is 19.6 Å². The third-order valence-electron chi connectivity index (χ3n) is 7.15. The van der Waals surface area contributed by atoms with E-state index in [9.17, 15) is 23.1 Å². The monoisotopic (exact) mass is 491 g/mol. The van der Waals surface area contributed by atoms with Crippen LogP contribution in [0.5, 0.6) is 5.75 Å². The van der Waals surface area contributed by atoms with E-state index in [-0.39, 0.29) is 30.2 Å². The van der Waals surface area contributed by atoms with Crippen LogP contribution in [0.25, 0.3) is 0 Å². The molecular formula is C26H32F3N3O3. The predicted molar refractivity (Wildman–Crippen MR) is 125 cm³/mol. The van der Waals surface area contributed by atoms with Gasteiger partial charge in [0.2, 0.25) is 0 Å². The van der Waals surface area contributed by atoms with Gasteiger partial charge in [-0.2, -0.15) is 13.2 Å². The van der Waals surface area contributed by atoms with Crippen molar-refractivity contribution in [2.75, 3.05) is 26.2 Å². The van der Waals surface area contributed by atoms with Gasteiger partial charge in [0, 0.05) is 37.9 Å². The quantitative estimate of drug-likeness (QED) is 0.666. The number of ether oxygens (including phenoxy) is 1. The average molecular weight is 492 g/mol. The summed E-state index contributed by atoms with van der Waals surface area (Å²) in [6.07, 6.45) is -1.00. The molecule has 2 saturated heterocycles. The number of aromatic nitrogens is 1. The molecule has 1 N–H and O–H groups in total. The lowest BCUT2D eigenvalue weighted by Gasteiger charge is -2.48. The molecule has 4 rings (SSSR count). The van der Waals surface area contributed by atoms with Gasteiger partial charge in [0.05, 0.1) is 11.7 Å². The van der Waals surface area contributed by atoms with Crippen molar-refractivity contribution in [3.63, 3.8) is 0 Å². The van der Waals surface area contributed by atoms with Crippen LogP contribution in [-0.2, 0) is 6.18 Å². The number of aliphatic hydroxyl groups excluding tert-OH is 1. The second-order valence-corrected chi connectivity index (χ2v) is 9.58. The summed E-state index contributed by atoms with van der Waals surface area (Å²) in [5.74, 6) is 0.500. The minimum absolute atomic E-state index is 0.179. The van der Waals surface area contributed by atoms with Gasteiger partial charge in [-0.05, 0) is 74.9 Å². The Hall–Kier alpha value is -2.65. The van der Waals surface area contributed by atoms with E-state index in [1.165, 1.54) is 17.2 Å². The molecule has 2 unspecified atom stereocenters. The molecule has 2 aliphatic rings. The van der Waals surface area contributed by atoms with Crippen molar-refractivity contribution in [2.45, 2.75) is 64.4 Å². The molecule has 35 heavy (non-hydrogen) atoms. The number of rotatable bonds is 5. The summed E-state index contributed by atoms with van der Waals surface area (Å²) in [6, 6.07) is 6.59. The van der Waals surface area contributed by atoms with E-state index in [0.717, 1.165) is 42.8 Å². The van der Waals surface area contributed by atoms with E-state index < -0.39 is 18.0 Å². The fourth-order valence-corrected chi connectivity index (χ4v) is 5.18. The minimum Gasteiger partial charge on any atom is -0.491 e. The maximum absolute atomic E-state index is 13.0. The van der Waals surface area contributed by atoms with Crippen molar-refractivity contribution < 1.29 is 27.8 Å². The Kier molecular flexibility index (Phi) is 7.38. The molecule has 9 heteroatoms. The summed E-state index contributed by atoms with van der Waals surface area (Å²) in [7, 11) is 0. The summed E-state index contributed by atoms with van der Waals surface area (Å²) in [5.41, 5.74) is 2.67. The number of carbonyl (C=O) groups is 1. The number of carbonyl (C=O) groups excluding carboxylic acids is 1. The van der Waals surface area contributed by atoms with Crippen molar-refractivity contribution in [2.24, 2.45) is 0 Å². The first kappa shape index (κ1) is 25.4. The van der Waals surface area contributed by atoms with Crippen molar-refractivity contribution >= 4 is 5.91 Å². The summed E-state index contributed by atoms with van der Waals surface area (Å²) in [5, 5.41) is 9.53. The number of hydrogen-bond donors (Lipinski definition) is 1. The first-order chi connectivity index (χ1) is 16.6. The van der Waals surface area contributed by atoms with E-state index in [1.807, 2.05) is 13.0 Å². The van der Waals surface area contributed by atoms with Gasteiger partial charge in [-0.15, -0.1) is 0 Å². The van der Waals surface area contributed by atoms with Crippen LogP contribution in [0.15, 0.2) is 30.5 Å². The largest absolute Gasteiger partial charge is 0.491 e. The van der Waals surface area contributed by atoms with E-state index in [1.54, 1.807) is 11.8 Å². The highest BCUT2D eigenvalue weighted by Crippen LogP contribution is 2.39. The molecule has 1 aromatic heterocycles. The fraction of sp³-hybridized carbons (Fsp3) is 0.538. The van der Waals surface area contributed by atoms with Crippen LogP contribution in [0.1, 0.15) is 65.0 Å². The normalized spacial score (nSPS) is 22.0. The third-order valence-corrected chi connectivity index (χ3v) is 7.15. The SMILES string of the molecule is Cc1c(OC[C@H](C)O)ccc(C2CCCC3CN(C(=O)c4ccc(C(F)(F)F)nc4)CCN32)c1C. The molecule has 2 fully saturated rings. The first-order valence-corrected chi connectivity index (χ1v) is 12.1. The van der Waals surface area contributed by atoms with Gasteiger partial charge in [-0.1, -0.05) is 6.07 Å². The van der Waals surface area contributed by atoms with E-state index in [2.05, 4.69) is 22.9 Å². The van der Waals surface area contributed by atoms with Crippen LogP contribution in [0.2, 0.25) is 0 Å². The van der Waals surface area contributed by atoms with E-state index in [4.69, 9.17) is 4.74 Å². The third kappa shape index (κ3) is 5.46. The van der Waals surface area contributed by atoms with Gasteiger partial charge in [0.25, 0.3) is 5.91 Å². The summed E-state index contributed by atoms with van der Waals surface area (Å²) in [6.45, 7) is 7.83. The number of pyridine rings is 1. The van der Waals surface area contributed by atoms with Crippen LogP contribution >= 0.6 is 0 Å². The first-order valence-electron chi connectivity index (χ1n) is 12.1. The molecule has 1 aromatic carbocycles. The number of benzene rings is 1. The number of alkyl halides is 3. The van der Waals surface area contributed by atoms with Crippen LogP contribution in [0, 0.1) is 13.8 Å². The zero-order chi connectivity index (χ0) is 25.3. The topological polar surface area (TPSA) is 65.9 Å². The molecule has 3 heterocycles. The van der Waals surface area contributed by atoms with Crippen molar-refractivity contribution in [1.29, 1.82) is 0 Å². The predicted octanol–water partition coefficient (Wildman–Crippen LogP) is 4.53. The Bertz CT molecular complexity index is 1060. The Labute approximate surface area is 203 Å². The molecule has 0 radical (unpaired) electrons. The molecule has 190 valence electrons. The number of fused-ring (bicyclic) bond motifs is 1. The number of halogens is 3. The highest BCUT2D eigenvalue weighted by Gasteiger charge is 2.38.